The van der Waals surface area contributed by atoms with Crippen molar-refractivity contribution in [2.45, 2.75) is 50.8 Å². The minimum Gasteiger partial charge on any atom is -0.392 e. The lowest BCUT2D eigenvalue weighted by Gasteiger charge is -2.33. The van der Waals surface area contributed by atoms with Gasteiger partial charge in [0.05, 0.1) is 12.1 Å². The highest BCUT2D eigenvalue weighted by molar-refractivity contribution is 5.81. The SMILES string of the molecule is CC(C(=O)NC1CC1)N1CCC[C@H](O)C1. The Kier molecular flexibility index (Phi) is 3.26. The molecule has 1 saturated heterocycles. The fraction of sp³-hybridized carbons (Fsp3) is 0.909. The van der Waals surface area contributed by atoms with Crippen LogP contribution in [0.25, 0.3) is 0 Å². The summed E-state index contributed by atoms with van der Waals surface area (Å²) in [4.78, 5) is 13.8. The van der Waals surface area contributed by atoms with E-state index in [4.69, 9.17) is 0 Å². The molecule has 0 aromatic heterocycles. The Labute approximate surface area is 90.6 Å². The van der Waals surface area contributed by atoms with Crippen LogP contribution in [0.1, 0.15) is 32.6 Å². The average Bonchev–Trinajstić information content (AvgIpc) is 3.00. The molecule has 1 heterocycles. The van der Waals surface area contributed by atoms with Crippen molar-refractivity contribution in [3.8, 4) is 0 Å². The van der Waals surface area contributed by atoms with Crippen molar-refractivity contribution in [3.05, 3.63) is 0 Å². The highest BCUT2D eigenvalue weighted by Crippen LogP contribution is 2.19. The van der Waals surface area contributed by atoms with Gasteiger partial charge in [-0.3, -0.25) is 9.69 Å². The molecule has 2 rings (SSSR count). The van der Waals surface area contributed by atoms with E-state index >= 15 is 0 Å². The molecule has 2 fully saturated rings. The van der Waals surface area contributed by atoms with Gasteiger partial charge in [-0.1, -0.05) is 0 Å². The molecule has 2 N–H and O–H groups in total. The second-order valence-electron chi connectivity index (χ2n) is 4.75. The third-order valence-corrected chi connectivity index (χ3v) is 3.28. The van der Waals surface area contributed by atoms with Crippen LogP contribution < -0.4 is 5.32 Å². The molecule has 0 aromatic carbocycles. The van der Waals surface area contributed by atoms with Gasteiger partial charge in [0.15, 0.2) is 0 Å². The number of amides is 1. The van der Waals surface area contributed by atoms with Crippen LogP contribution in [-0.2, 0) is 4.79 Å². The Morgan fingerprint density at radius 3 is 2.80 bits per heavy atom. The molecule has 0 spiro atoms. The van der Waals surface area contributed by atoms with Crippen molar-refractivity contribution in [1.82, 2.24) is 10.2 Å². The summed E-state index contributed by atoms with van der Waals surface area (Å²) >= 11 is 0. The van der Waals surface area contributed by atoms with Gasteiger partial charge in [-0.05, 0) is 39.2 Å². The first kappa shape index (κ1) is 10.9. The van der Waals surface area contributed by atoms with E-state index in [9.17, 15) is 9.90 Å². The number of β-amino-alcohol motifs (C(OH)–C–C–N with tert-alkyl or cyclic N) is 1. The van der Waals surface area contributed by atoms with Crippen molar-refractivity contribution in [2.24, 2.45) is 0 Å². The zero-order valence-corrected chi connectivity index (χ0v) is 9.28. The van der Waals surface area contributed by atoms with Gasteiger partial charge < -0.3 is 10.4 Å². The van der Waals surface area contributed by atoms with E-state index in [-0.39, 0.29) is 18.1 Å². The number of likely N-dealkylation sites (tertiary alicyclic amines) is 1. The first-order valence-corrected chi connectivity index (χ1v) is 5.89. The summed E-state index contributed by atoms with van der Waals surface area (Å²) in [5.41, 5.74) is 0. The van der Waals surface area contributed by atoms with E-state index in [2.05, 4.69) is 10.2 Å². The second kappa shape index (κ2) is 4.49. The number of nitrogens with zero attached hydrogens (tertiary/aromatic N) is 1. The molecule has 86 valence electrons. The van der Waals surface area contributed by atoms with Gasteiger partial charge in [0.25, 0.3) is 0 Å². The molecular weight excluding hydrogens is 192 g/mol. The van der Waals surface area contributed by atoms with Crippen molar-refractivity contribution in [1.29, 1.82) is 0 Å². The van der Waals surface area contributed by atoms with Crippen LogP contribution in [0.3, 0.4) is 0 Å². The molecule has 4 heteroatoms. The van der Waals surface area contributed by atoms with Crippen molar-refractivity contribution in [3.63, 3.8) is 0 Å². The molecule has 2 aliphatic rings. The fourth-order valence-electron chi connectivity index (χ4n) is 2.05. The van der Waals surface area contributed by atoms with Crippen LogP contribution in [0.5, 0.6) is 0 Å². The molecular formula is C11H20N2O2. The molecule has 1 saturated carbocycles. The van der Waals surface area contributed by atoms with E-state index in [1.165, 1.54) is 0 Å². The number of piperidine rings is 1. The van der Waals surface area contributed by atoms with Gasteiger partial charge in [0, 0.05) is 12.6 Å². The predicted octanol–water partition coefficient (Wildman–Crippen LogP) is 0.110. The lowest BCUT2D eigenvalue weighted by atomic mass is 10.1. The Bertz CT molecular complexity index is 241. The number of hydrogen-bond acceptors (Lipinski definition) is 3. The van der Waals surface area contributed by atoms with Crippen molar-refractivity contribution < 1.29 is 9.90 Å². The van der Waals surface area contributed by atoms with Crippen molar-refractivity contribution >= 4 is 5.91 Å². The van der Waals surface area contributed by atoms with Crippen LogP contribution >= 0.6 is 0 Å². The number of carbonyl (C=O) groups is 1. The first-order chi connectivity index (χ1) is 7.16. The van der Waals surface area contributed by atoms with Crippen LogP contribution in [0.4, 0.5) is 0 Å². The standard InChI is InChI=1S/C11H20N2O2/c1-8(11(15)12-9-4-5-9)13-6-2-3-10(14)7-13/h8-10,14H,2-7H2,1H3,(H,12,15)/t8?,10-/m0/s1. The van der Waals surface area contributed by atoms with Gasteiger partial charge in [-0.25, -0.2) is 0 Å². The van der Waals surface area contributed by atoms with Gasteiger partial charge in [-0.15, -0.1) is 0 Å². The largest absolute Gasteiger partial charge is 0.392 e. The lowest BCUT2D eigenvalue weighted by Crippen LogP contribution is -2.50. The number of nitrogens with one attached hydrogen (secondary N) is 1. The number of hydrogen-bond donors (Lipinski definition) is 2. The van der Waals surface area contributed by atoms with Gasteiger partial charge in [0.2, 0.25) is 5.91 Å². The van der Waals surface area contributed by atoms with Crippen LogP contribution in [0, 0.1) is 0 Å². The third-order valence-electron chi connectivity index (χ3n) is 3.28. The molecule has 15 heavy (non-hydrogen) atoms. The number of carbonyl (C=O) groups excluding carboxylic acids is 1. The normalized spacial score (nSPS) is 29.9. The zero-order valence-electron chi connectivity index (χ0n) is 9.28. The van der Waals surface area contributed by atoms with E-state index in [0.29, 0.717) is 12.6 Å². The molecule has 0 aromatic rings. The number of aliphatic hydroxyl groups is 1. The van der Waals surface area contributed by atoms with Gasteiger partial charge in [-0.2, -0.15) is 0 Å². The van der Waals surface area contributed by atoms with Gasteiger partial charge in [0.1, 0.15) is 0 Å². The molecule has 1 aliphatic heterocycles. The highest BCUT2D eigenvalue weighted by Gasteiger charge is 2.30. The Morgan fingerprint density at radius 2 is 2.20 bits per heavy atom. The fourth-order valence-corrected chi connectivity index (χ4v) is 2.05. The van der Waals surface area contributed by atoms with Gasteiger partial charge >= 0.3 is 0 Å². The first-order valence-electron chi connectivity index (χ1n) is 5.89. The summed E-state index contributed by atoms with van der Waals surface area (Å²) in [7, 11) is 0. The summed E-state index contributed by atoms with van der Waals surface area (Å²) in [6.45, 7) is 3.49. The topological polar surface area (TPSA) is 52.6 Å². The molecule has 4 nitrogen and oxygen atoms in total. The molecule has 0 bridgehead atoms. The zero-order chi connectivity index (χ0) is 10.8. The van der Waals surface area contributed by atoms with E-state index in [1.807, 2.05) is 6.92 Å². The smallest absolute Gasteiger partial charge is 0.237 e. The molecule has 1 unspecified atom stereocenters. The third kappa shape index (κ3) is 2.92. The monoisotopic (exact) mass is 212 g/mol. The summed E-state index contributed by atoms with van der Waals surface area (Å²) in [5.74, 6) is 0.117. The average molecular weight is 212 g/mol. The maximum absolute atomic E-state index is 11.8. The number of aliphatic hydroxyl groups excluding tert-OH is 1. The molecule has 1 amide bonds. The minimum absolute atomic E-state index is 0.0967. The van der Waals surface area contributed by atoms with E-state index in [1.54, 1.807) is 0 Å². The summed E-state index contributed by atoms with van der Waals surface area (Å²) in [5, 5.41) is 12.5. The summed E-state index contributed by atoms with van der Waals surface area (Å²) < 4.78 is 0. The van der Waals surface area contributed by atoms with Crippen LogP contribution in [0.2, 0.25) is 0 Å². The predicted molar refractivity (Wildman–Crippen MR) is 57.4 cm³/mol. The molecule has 0 radical (unpaired) electrons. The van der Waals surface area contributed by atoms with Crippen LogP contribution in [0.15, 0.2) is 0 Å². The maximum atomic E-state index is 11.8. The summed E-state index contributed by atoms with van der Waals surface area (Å²) in [6, 6.07) is 0.329. The lowest BCUT2D eigenvalue weighted by molar-refractivity contribution is -0.127. The Hall–Kier alpha value is -0.610. The second-order valence-corrected chi connectivity index (χ2v) is 4.75. The Balaban J connectivity index is 1.82. The van der Waals surface area contributed by atoms with E-state index < -0.39 is 0 Å². The molecule has 2 atom stereocenters. The highest BCUT2D eigenvalue weighted by atomic mass is 16.3. The quantitative estimate of drug-likeness (QED) is 0.698. The molecule has 1 aliphatic carbocycles. The van der Waals surface area contributed by atoms with E-state index in [0.717, 1.165) is 32.2 Å². The summed E-state index contributed by atoms with van der Waals surface area (Å²) in [6.07, 6.45) is 3.85. The van der Waals surface area contributed by atoms with Crippen molar-refractivity contribution in [2.75, 3.05) is 13.1 Å². The minimum atomic E-state index is -0.255. The van der Waals surface area contributed by atoms with Crippen LogP contribution in [-0.4, -0.2) is 47.2 Å². The Morgan fingerprint density at radius 1 is 1.47 bits per heavy atom. The number of rotatable bonds is 3. The maximum Gasteiger partial charge on any atom is 0.237 e.